The Hall–Kier alpha value is -0.590. The molecule has 3 nitrogen and oxygen atoms in total. The minimum absolute atomic E-state index is 0.258. The van der Waals surface area contributed by atoms with Crippen LogP contribution in [-0.2, 0) is 9.47 Å². The maximum atomic E-state index is 8.78. The molecule has 80 valence electrons. The standard InChI is InChI=1S/C11H19NO2/c1-11(2,9-12)4-6-14-8-10-3-5-13-7-10/h10H,3-8H2,1-2H3. The lowest BCUT2D eigenvalue weighted by molar-refractivity contribution is 0.0775. The van der Waals surface area contributed by atoms with Gasteiger partial charge in [-0.15, -0.1) is 0 Å². The van der Waals surface area contributed by atoms with Gasteiger partial charge < -0.3 is 9.47 Å². The van der Waals surface area contributed by atoms with Crippen LogP contribution in [0.2, 0.25) is 0 Å². The number of nitriles is 1. The molecule has 1 aliphatic heterocycles. The maximum absolute atomic E-state index is 8.78. The van der Waals surface area contributed by atoms with E-state index in [4.69, 9.17) is 14.7 Å². The van der Waals surface area contributed by atoms with Crippen molar-refractivity contribution in [2.45, 2.75) is 26.7 Å². The van der Waals surface area contributed by atoms with Crippen molar-refractivity contribution in [3.8, 4) is 6.07 Å². The second kappa shape index (κ2) is 5.33. The summed E-state index contributed by atoms with van der Waals surface area (Å²) in [7, 11) is 0. The van der Waals surface area contributed by atoms with Crippen LogP contribution in [0.5, 0.6) is 0 Å². The van der Waals surface area contributed by atoms with Gasteiger partial charge in [0.15, 0.2) is 0 Å². The van der Waals surface area contributed by atoms with E-state index in [0.29, 0.717) is 12.5 Å². The fraction of sp³-hybridized carbons (Fsp3) is 0.909. The number of hydrogen-bond acceptors (Lipinski definition) is 3. The molecular formula is C11H19NO2. The molecule has 1 aliphatic rings. The van der Waals surface area contributed by atoms with Crippen molar-refractivity contribution < 1.29 is 9.47 Å². The lowest BCUT2D eigenvalue weighted by atomic mass is 9.92. The van der Waals surface area contributed by atoms with Crippen LogP contribution >= 0.6 is 0 Å². The summed E-state index contributed by atoms with van der Waals surface area (Å²) in [4.78, 5) is 0. The SMILES string of the molecule is CC(C)(C#N)CCOCC1CCOC1. The minimum Gasteiger partial charge on any atom is -0.381 e. The fourth-order valence-electron chi connectivity index (χ4n) is 1.35. The van der Waals surface area contributed by atoms with Gasteiger partial charge in [-0.25, -0.2) is 0 Å². The second-order valence-electron chi connectivity index (χ2n) is 4.55. The van der Waals surface area contributed by atoms with Crippen molar-refractivity contribution in [1.82, 2.24) is 0 Å². The van der Waals surface area contributed by atoms with Crippen LogP contribution in [-0.4, -0.2) is 26.4 Å². The molecule has 3 heteroatoms. The molecule has 0 aliphatic carbocycles. The van der Waals surface area contributed by atoms with Gasteiger partial charge in [0.2, 0.25) is 0 Å². The Morgan fingerprint density at radius 2 is 2.36 bits per heavy atom. The maximum Gasteiger partial charge on any atom is 0.0684 e. The summed E-state index contributed by atoms with van der Waals surface area (Å²) >= 11 is 0. The molecule has 0 bridgehead atoms. The second-order valence-corrected chi connectivity index (χ2v) is 4.55. The van der Waals surface area contributed by atoms with Crippen LogP contribution in [0.3, 0.4) is 0 Å². The van der Waals surface area contributed by atoms with Gasteiger partial charge in [0.05, 0.1) is 24.7 Å². The van der Waals surface area contributed by atoms with Crippen molar-refractivity contribution >= 4 is 0 Å². The predicted molar refractivity (Wildman–Crippen MR) is 53.8 cm³/mol. The lowest BCUT2D eigenvalue weighted by Crippen LogP contribution is -2.15. The molecule has 0 aromatic rings. The van der Waals surface area contributed by atoms with Gasteiger partial charge in [-0.1, -0.05) is 0 Å². The molecule has 1 unspecified atom stereocenters. The Labute approximate surface area is 86.0 Å². The highest BCUT2D eigenvalue weighted by atomic mass is 16.5. The van der Waals surface area contributed by atoms with Gasteiger partial charge >= 0.3 is 0 Å². The number of rotatable bonds is 5. The number of ether oxygens (including phenoxy) is 2. The van der Waals surface area contributed by atoms with E-state index in [0.717, 1.165) is 32.7 Å². The molecule has 0 aromatic heterocycles. The van der Waals surface area contributed by atoms with E-state index in [1.54, 1.807) is 0 Å². The molecule has 0 saturated carbocycles. The van der Waals surface area contributed by atoms with Gasteiger partial charge in [-0.05, 0) is 26.7 Å². The van der Waals surface area contributed by atoms with Crippen molar-refractivity contribution in [2.24, 2.45) is 11.3 Å². The fourth-order valence-corrected chi connectivity index (χ4v) is 1.35. The number of hydrogen-bond donors (Lipinski definition) is 0. The third kappa shape index (κ3) is 4.08. The van der Waals surface area contributed by atoms with Crippen LogP contribution in [0.1, 0.15) is 26.7 Å². The molecule has 1 fully saturated rings. The Bertz CT molecular complexity index is 202. The summed E-state index contributed by atoms with van der Waals surface area (Å²) in [5.74, 6) is 0.570. The van der Waals surface area contributed by atoms with Crippen LogP contribution in [0.4, 0.5) is 0 Å². The van der Waals surface area contributed by atoms with Crippen LogP contribution < -0.4 is 0 Å². The van der Waals surface area contributed by atoms with E-state index >= 15 is 0 Å². The van der Waals surface area contributed by atoms with E-state index in [-0.39, 0.29) is 5.41 Å². The largest absolute Gasteiger partial charge is 0.381 e. The first kappa shape index (κ1) is 11.5. The van der Waals surface area contributed by atoms with E-state index < -0.39 is 0 Å². The van der Waals surface area contributed by atoms with E-state index in [9.17, 15) is 0 Å². The smallest absolute Gasteiger partial charge is 0.0684 e. The molecular weight excluding hydrogens is 178 g/mol. The van der Waals surface area contributed by atoms with E-state index in [1.165, 1.54) is 0 Å². The first-order valence-corrected chi connectivity index (χ1v) is 5.21. The first-order chi connectivity index (χ1) is 6.64. The summed E-state index contributed by atoms with van der Waals surface area (Å²) in [5, 5.41) is 8.78. The molecule has 1 rings (SSSR count). The zero-order valence-electron chi connectivity index (χ0n) is 9.08. The molecule has 1 atom stereocenters. The zero-order valence-corrected chi connectivity index (χ0v) is 9.08. The van der Waals surface area contributed by atoms with Crippen molar-refractivity contribution in [3.63, 3.8) is 0 Å². The molecule has 0 radical (unpaired) electrons. The van der Waals surface area contributed by atoms with E-state index in [2.05, 4.69) is 6.07 Å². The third-order valence-corrected chi connectivity index (χ3v) is 2.55. The normalized spacial score (nSPS) is 22.2. The molecule has 0 N–H and O–H groups in total. The average molecular weight is 197 g/mol. The van der Waals surface area contributed by atoms with E-state index in [1.807, 2.05) is 13.8 Å². The first-order valence-electron chi connectivity index (χ1n) is 5.21. The molecule has 1 saturated heterocycles. The van der Waals surface area contributed by atoms with Crippen LogP contribution in [0, 0.1) is 22.7 Å². The summed E-state index contributed by atoms with van der Waals surface area (Å²) in [6.07, 6.45) is 1.92. The Kier molecular flexibility index (Phi) is 4.37. The quantitative estimate of drug-likeness (QED) is 0.633. The Balaban J connectivity index is 2.02. The van der Waals surface area contributed by atoms with Crippen molar-refractivity contribution in [2.75, 3.05) is 26.4 Å². The highest BCUT2D eigenvalue weighted by Gasteiger charge is 2.18. The zero-order chi connectivity index (χ0) is 10.4. The monoisotopic (exact) mass is 197 g/mol. The van der Waals surface area contributed by atoms with Gasteiger partial charge in [0, 0.05) is 19.1 Å². The van der Waals surface area contributed by atoms with Crippen LogP contribution in [0.25, 0.3) is 0 Å². The third-order valence-electron chi connectivity index (χ3n) is 2.55. The molecule has 14 heavy (non-hydrogen) atoms. The van der Waals surface area contributed by atoms with Crippen LogP contribution in [0.15, 0.2) is 0 Å². The van der Waals surface area contributed by atoms with Gasteiger partial charge in [0.1, 0.15) is 0 Å². The minimum atomic E-state index is -0.258. The van der Waals surface area contributed by atoms with Crippen molar-refractivity contribution in [3.05, 3.63) is 0 Å². The summed E-state index contributed by atoms with van der Waals surface area (Å²) < 4.78 is 10.8. The topological polar surface area (TPSA) is 42.2 Å². The van der Waals surface area contributed by atoms with Crippen molar-refractivity contribution in [1.29, 1.82) is 5.26 Å². The molecule has 0 aromatic carbocycles. The Morgan fingerprint density at radius 1 is 1.57 bits per heavy atom. The van der Waals surface area contributed by atoms with Gasteiger partial charge in [-0.3, -0.25) is 0 Å². The summed E-state index contributed by atoms with van der Waals surface area (Å²) in [5.41, 5.74) is -0.258. The number of nitrogens with zero attached hydrogens (tertiary/aromatic N) is 1. The lowest BCUT2D eigenvalue weighted by Gasteiger charge is -2.15. The highest BCUT2D eigenvalue weighted by molar-refractivity contribution is 4.91. The molecule has 0 spiro atoms. The molecule has 0 amide bonds. The summed E-state index contributed by atoms with van der Waals surface area (Å²) in [6.45, 7) is 7.04. The Morgan fingerprint density at radius 3 is 2.93 bits per heavy atom. The summed E-state index contributed by atoms with van der Waals surface area (Å²) in [6, 6.07) is 2.27. The van der Waals surface area contributed by atoms with Gasteiger partial charge in [0.25, 0.3) is 0 Å². The predicted octanol–water partition coefficient (Wildman–Crippen LogP) is 1.98. The molecule has 1 heterocycles. The van der Waals surface area contributed by atoms with Gasteiger partial charge in [-0.2, -0.15) is 5.26 Å². The highest BCUT2D eigenvalue weighted by Crippen LogP contribution is 2.19. The average Bonchev–Trinajstić information content (AvgIpc) is 2.65.